The average molecular weight is 220 g/mol. The second-order valence-electron chi connectivity index (χ2n) is 2.97. The molecule has 3 N–H and O–H groups in total. The zero-order valence-electron chi connectivity index (χ0n) is 7.17. The molecule has 0 fully saturated rings. The van der Waals surface area contributed by atoms with Crippen LogP contribution in [0.4, 0.5) is 0 Å². The topological polar surface area (TPSA) is 46.2 Å². The Balaban J connectivity index is 3.01. The molecule has 0 unspecified atom stereocenters. The molecule has 13 heavy (non-hydrogen) atoms. The van der Waals surface area contributed by atoms with E-state index in [4.69, 9.17) is 28.9 Å². The molecule has 0 saturated heterocycles. The maximum atomic E-state index is 9.62. The van der Waals surface area contributed by atoms with Crippen LogP contribution in [0, 0.1) is 0 Å². The fourth-order valence-corrected chi connectivity index (χ4v) is 1.54. The van der Waals surface area contributed by atoms with E-state index in [-0.39, 0.29) is 6.04 Å². The first kappa shape index (κ1) is 10.8. The van der Waals surface area contributed by atoms with Gasteiger partial charge in [0.25, 0.3) is 0 Å². The Morgan fingerprint density at radius 2 is 2.00 bits per heavy atom. The molecule has 0 bridgehead atoms. The molecule has 2 nitrogen and oxygen atoms in total. The molecule has 1 rings (SSSR count). The van der Waals surface area contributed by atoms with E-state index < -0.39 is 6.10 Å². The van der Waals surface area contributed by atoms with E-state index >= 15 is 0 Å². The average Bonchev–Trinajstić information content (AvgIpc) is 2.03. The maximum absolute atomic E-state index is 9.62. The van der Waals surface area contributed by atoms with Gasteiger partial charge in [-0.15, -0.1) is 0 Å². The van der Waals surface area contributed by atoms with Gasteiger partial charge in [0.05, 0.1) is 6.10 Å². The van der Waals surface area contributed by atoms with Crippen LogP contribution in [0.3, 0.4) is 0 Å². The maximum Gasteiger partial charge on any atom is 0.0952 e. The molecule has 0 aliphatic heterocycles. The number of halogens is 2. The quantitative estimate of drug-likeness (QED) is 0.803. The molecule has 2 atom stereocenters. The zero-order chi connectivity index (χ0) is 10.0. The van der Waals surface area contributed by atoms with Crippen LogP contribution in [-0.2, 0) is 0 Å². The first-order valence-corrected chi connectivity index (χ1v) is 4.66. The van der Waals surface area contributed by atoms with Gasteiger partial charge in [0.1, 0.15) is 0 Å². The first-order chi connectivity index (χ1) is 6.02. The van der Waals surface area contributed by atoms with Crippen molar-refractivity contribution in [2.45, 2.75) is 19.1 Å². The molecule has 4 heteroatoms. The zero-order valence-corrected chi connectivity index (χ0v) is 8.68. The molecule has 0 spiro atoms. The second kappa shape index (κ2) is 4.29. The minimum absolute atomic E-state index is 0.348. The Morgan fingerprint density at radius 1 is 1.38 bits per heavy atom. The number of nitrogens with two attached hydrogens (primary N) is 1. The van der Waals surface area contributed by atoms with Crippen molar-refractivity contribution in [2.24, 2.45) is 5.73 Å². The third-order valence-corrected chi connectivity index (χ3v) is 2.34. The molecule has 0 amide bonds. The molecule has 72 valence electrons. The van der Waals surface area contributed by atoms with Crippen LogP contribution < -0.4 is 5.73 Å². The van der Waals surface area contributed by atoms with Crippen molar-refractivity contribution in [1.82, 2.24) is 0 Å². The van der Waals surface area contributed by atoms with Crippen molar-refractivity contribution in [2.75, 3.05) is 0 Å². The van der Waals surface area contributed by atoms with E-state index in [2.05, 4.69) is 0 Å². The predicted octanol–water partition coefficient (Wildman–Crippen LogP) is 2.37. The van der Waals surface area contributed by atoms with Crippen molar-refractivity contribution >= 4 is 23.2 Å². The van der Waals surface area contributed by atoms with Gasteiger partial charge >= 0.3 is 0 Å². The highest BCUT2D eigenvalue weighted by molar-refractivity contribution is 6.35. The highest BCUT2D eigenvalue weighted by Gasteiger charge is 2.15. The van der Waals surface area contributed by atoms with Crippen molar-refractivity contribution < 1.29 is 5.11 Å². The van der Waals surface area contributed by atoms with E-state index in [1.165, 1.54) is 0 Å². The summed E-state index contributed by atoms with van der Waals surface area (Å²) in [5.41, 5.74) is 6.15. The summed E-state index contributed by atoms with van der Waals surface area (Å²) in [6.07, 6.45) is -0.746. The highest BCUT2D eigenvalue weighted by Crippen LogP contribution is 2.27. The normalized spacial score (nSPS) is 15.5. The largest absolute Gasteiger partial charge is 0.387 e. The van der Waals surface area contributed by atoms with Gasteiger partial charge in [0.2, 0.25) is 0 Å². The van der Waals surface area contributed by atoms with Crippen molar-refractivity contribution in [1.29, 1.82) is 0 Å². The molecule has 0 aromatic heterocycles. The summed E-state index contributed by atoms with van der Waals surface area (Å²) in [7, 11) is 0. The fourth-order valence-electron chi connectivity index (χ4n) is 1.02. The molecule has 0 aliphatic carbocycles. The standard InChI is InChI=1S/C9H11Cl2NO/c1-5(12)9(13)7-3-2-6(10)4-8(7)11/h2-5,9,13H,12H2,1H3/t5-,9+/m1/s1. The predicted molar refractivity (Wildman–Crippen MR) is 55.1 cm³/mol. The molecule has 1 aromatic carbocycles. The minimum Gasteiger partial charge on any atom is -0.387 e. The number of rotatable bonds is 2. The third kappa shape index (κ3) is 2.58. The Kier molecular flexibility index (Phi) is 3.56. The number of hydrogen-bond donors (Lipinski definition) is 2. The van der Waals surface area contributed by atoms with Crippen molar-refractivity contribution in [3.8, 4) is 0 Å². The summed E-state index contributed by atoms with van der Waals surface area (Å²) < 4.78 is 0. The Bertz CT molecular complexity index is 302. The Labute approximate surface area is 87.3 Å². The lowest BCUT2D eigenvalue weighted by Crippen LogP contribution is -2.24. The lowest BCUT2D eigenvalue weighted by Gasteiger charge is -2.16. The SMILES string of the molecule is C[C@@H](N)[C@H](O)c1ccc(Cl)cc1Cl. The number of benzene rings is 1. The lowest BCUT2D eigenvalue weighted by molar-refractivity contribution is 0.153. The van der Waals surface area contributed by atoms with Gasteiger partial charge in [-0.05, 0) is 19.1 Å². The van der Waals surface area contributed by atoms with Crippen LogP contribution in [0.15, 0.2) is 18.2 Å². The molecular formula is C9H11Cl2NO. The van der Waals surface area contributed by atoms with E-state index in [1.54, 1.807) is 25.1 Å². The number of aliphatic hydroxyl groups is 1. The summed E-state index contributed by atoms with van der Waals surface area (Å²) in [4.78, 5) is 0. The lowest BCUT2D eigenvalue weighted by atomic mass is 10.0. The van der Waals surface area contributed by atoms with Crippen LogP contribution >= 0.6 is 23.2 Å². The number of aliphatic hydroxyl groups excluding tert-OH is 1. The second-order valence-corrected chi connectivity index (χ2v) is 3.81. The van der Waals surface area contributed by atoms with Gasteiger partial charge in [-0.3, -0.25) is 0 Å². The van der Waals surface area contributed by atoms with Crippen molar-refractivity contribution in [3.05, 3.63) is 33.8 Å². The van der Waals surface area contributed by atoms with E-state index in [0.717, 1.165) is 0 Å². The molecule has 0 saturated carbocycles. The van der Waals surface area contributed by atoms with Gasteiger partial charge in [-0.1, -0.05) is 29.3 Å². The van der Waals surface area contributed by atoms with Crippen LogP contribution in [0.1, 0.15) is 18.6 Å². The minimum atomic E-state index is -0.746. The molecule has 1 aromatic rings. The fraction of sp³-hybridized carbons (Fsp3) is 0.333. The molecule has 0 aliphatic rings. The van der Waals surface area contributed by atoms with Gasteiger partial charge in [0.15, 0.2) is 0 Å². The summed E-state index contributed by atoms with van der Waals surface area (Å²) in [5, 5.41) is 10.6. The van der Waals surface area contributed by atoms with Crippen LogP contribution in [-0.4, -0.2) is 11.1 Å². The van der Waals surface area contributed by atoms with Crippen LogP contribution in [0.25, 0.3) is 0 Å². The van der Waals surface area contributed by atoms with Gasteiger partial charge < -0.3 is 10.8 Å². The van der Waals surface area contributed by atoms with E-state index in [9.17, 15) is 5.11 Å². The number of hydrogen-bond acceptors (Lipinski definition) is 2. The monoisotopic (exact) mass is 219 g/mol. The molecule has 0 radical (unpaired) electrons. The van der Waals surface area contributed by atoms with Gasteiger partial charge in [-0.25, -0.2) is 0 Å². The van der Waals surface area contributed by atoms with Crippen LogP contribution in [0.2, 0.25) is 10.0 Å². The van der Waals surface area contributed by atoms with Crippen LogP contribution in [0.5, 0.6) is 0 Å². The summed E-state index contributed by atoms with van der Waals surface area (Å²) >= 11 is 11.6. The first-order valence-electron chi connectivity index (χ1n) is 3.91. The van der Waals surface area contributed by atoms with E-state index in [0.29, 0.717) is 15.6 Å². The van der Waals surface area contributed by atoms with E-state index in [1.807, 2.05) is 0 Å². The third-order valence-electron chi connectivity index (χ3n) is 1.78. The van der Waals surface area contributed by atoms with Gasteiger partial charge in [-0.2, -0.15) is 0 Å². The Hall–Kier alpha value is -0.280. The molecule has 0 heterocycles. The Morgan fingerprint density at radius 3 is 2.46 bits per heavy atom. The van der Waals surface area contributed by atoms with Gasteiger partial charge in [0, 0.05) is 21.7 Å². The summed E-state index contributed by atoms with van der Waals surface area (Å²) in [6, 6.07) is 4.59. The summed E-state index contributed by atoms with van der Waals surface area (Å²) in [6.45, 7) is 1.72. The summed E-state index contributed by atoms with van der Waals surface area (Å²) in [5.74, 6) is 0. The van der Waals surface area contributed by atoms with Crippen molar-refractivity contribution in [3.63, 3.8) is 0 Å². The smallest absolute Gasteiger partial charge is 0.0952 e. The molecular weight excluding hydrogens is 209 g/mol. The highest BCUT2D eigenvalue weighted by atomic mass is 35.5.